The molecule has 1 aliphatic heterocycles. The molecule has 0 saturated carbocycles. The van der Waals surface area contributed by atoms with Gasteiger partial charge in [0.25, 0.3) is 0 Å². The van der Waals surface area contributed by atoms with E-state index >= 15 is 0 Å². The van der Waals surface area contributed by atoms with Crippen LogP contribution >= 0.6 is 0 Å². The van der Waals surface area contributed by atoms with E-state index in [0.717, 1.165) is 30.8 Å². The second-order valence-corrected chi connectivity index (χ2v) is 4.55. The first kappa shape index (κ1) is 12.9. The molecule has 2 N–H and O–H groups in total. The minimum atomic E-state index is 0.0443. The number of ether oxygens (including phenoxy) is 1. The Morgan fingerprint density at radius 1 is 1.50 bits per heavy atom. The van der Waals surface area contributed by atoms with Crippen LogP contribution in [0.2, 0.25) is 0 Å². The number of methoxy groups -OCH3 is 1. The summed E-state index contributed by atoms with van der Waals surface area (Å²) in [4.78, 5) is 11.7. The molecule has 0 aliphatic carbocycles. The zero-order chi connectivity index (χ0) is 12.8. The summed E-state index contributed by atoms with van der Waals surface area (Å²) >= 11 is 0. The maximum absolute atomic E-state index is 11.7. The molecule has 4 heteroatoms. The first-order valence-corrected chi connectivity index (χ1v) is 6.45. The lowest BCUT2D eigenvalue weighted by atomic mass is 10.0. The van der Waals surface area contributed by atoms with Gasteiger partial charge in [0.2, 0.25) is 5.91 Å². The van der Waals surface area contributed by atoms with Crippen molar-refractivity contribution < 1.29 is 9.53 Å². The van der Waals surface area contributed by atoms with E-state index in [0.29, 0.717) is 13.0 Å². The molecule has 0 unspecified atom stereocenters. The maximum Gasteiger partial charge on any atom is 0.224 e. The summed E-state index contributed by atoms with van der Waals surface area (Å²) in [5.74, 6) is 0.0443. The summed E-state index contributed by atoms with van der Waals surface area (Å²) in [5, 5.41) is 6.27. The van der Waals surface area contributed by atoms with Crippen LogP contribution in [-0.4, -0.2) is 26.2 Å². The van der Waals surface area contributed by atoms with Crippen molar-refractivity contribution in [2.45, 2.75) is 25.7 Å². The SMILES string of the molecule is COCCCC(=O)Nc1ccc2c(c1)NCCC2. The van der Waals surface area contributed by atoms with Crippen LogP contribution in [0.4, 0.5) is 11.4 Å². The molecule has 98 valence electrons. The topological polar surface area (TPSA) is 50.4 Å². The van der Waals surface area contributed by atoms with Gasteiger partial charge >= 0.3 is 0 Å². The minimum Gasteiger partial charge on any atom is -0.385 e. The summed E-state index contributed by atoms with van der Waals surface area (Å²) < 4.78 is 4.93. The van der Waals surface area contributed by atoms with E-state index < -0.39 is 0 Å². The molecule has 0 bridgehead atoms. The lowest BCUT2D eigenvalue weighted by Gasteiger charge is -2.18. The fourth-order valence-electron chi connectivity index (χ4n) is 2.14. The van der Waals surface area contributed by atoms with Crippen LogP contribution in [0, 0.1) is 0 Å². The number of fused-ring (bicyclic) bond motifs is 1. The van der Waals surface area contributed by atoms with Crippen molar-refractivity contribution in [2.75, 3.05) is 30.9 Å². The zero-order valence-corrected chi connectivity index (χ0v) is 10.8. The summed E-state index contributed by atoms with van der Waals surface area (Å²) in [5.41, 5.74) is 3.35. The highest BCUT2D eigenvalue weighted by atomic mass is 16.5. The summed E-state index contributed by atoms with van der Waals surface area (Å²) in [6.45, 7) is 1.64. The Labute approximate surface area is 108 Å². The van der Waals surface area contributed by atoms with Gasteiger partial charge in [-0.2, -0.15) is 0 Å². The number of hydrogen-bond donors (Lipinski definition) is 2. The number of amides is 1. The molecule has 4 nitrogen and oxygen atoms in total. The van der Waals surface area contributed by atoms with Crippen molar-refractivity contribution in [1.82, 2.24) is 0 Å². The third kappa shape index (κ3) is 3.47. The molecule has 0 aromatic heterocycles. The molecular weight excluding hydrogens is 228 g/mol. The van der Waals surface area contributed by atoms with Gasteiger partial charge in [-0.15, -0.1) is 0 Å². The average Bonchev–Trinajstić information content (AvgIpc) is 2.39. The number of nitrogens with one attached hydrogen (secondary N) is 2. The molecule has 0 spiro atoms. The van der Waals surface area contributed by atoms with Gasteiger partial charge in [0.05, 0.1) is 0 Å². The van der Waals surface area contributed by atoms with E-state index in [2.05, 4.69) is 16.7 Å². The Balaban J connectivity index is 1.91. The Hall–Kier alpha value is -1.55. The number of aryl methyl sites for hydroxylation is 1. The van der Waals surface area contributed by atoms with Gasteiger partial charge < -0.3 is 15.4 Å². The highest BCUT2D eigenvalue weighted by Crippen LogP contribution is 2.25. The Morgan fingerprint density at radius 2 is 2.39 bits per heavy atom. The Bertz CT molecular complexity index is 418. The fourth-order valence-corrected chi connectivity index (χ4v) is 2.14. The van der Waals surface area contributed by atoms with Crippen LogP contribution in [0.15, 0.2) is 18.2 Å². The minimum absolute atomic E-state index is 0.0443. The van der Waals surface area contributed by atoms with E-state index in [-0.39, 0.29) is 5.91 Å². The first-order chi connectivity index (χ1) is 8.79. The average molecular weight is 248 g/mol. The monoisotopic (exact) mass is 248 g/mol. The number of anilines is 2. The first-order valence-electron chi connectivity index (χ1n) is 6.45. The second kappa shape index (κ2) is 6.40. The molecule has 1 amide bonds. The van der Waals surface area contributed by atoms with Crippen LogP contribution in [0.3, 0.4) is 0 Å². The summed E-state index contributed by atoms with van der Waals surface area (Å²) in [6, 6.07) is 6.08. The molecule has 0 fully saturated rings. The van der Waals surface area contributed by atoms with Crippen molar-refractivity contribution in [2.24, 2.45) is 0 Å². The predicted molar refractivity (Wildman–Crippen MR) is 73.0 cm³/mol. The number of benzene rings is 1. The maximum atomic E-state index is 11.7. The van der Waals surface area contributed by atoms with Gasteiger partial charge in [0.1, 0.15) is 0 Å². The molecule has 0 saturated heterocycles. The second-order valence-electron chi connectivity index (χ2n) is 4.55. The van der Waals surface area contributed by atoms with Crippen molar-refractivity contribution in [3.05, 3.63) is 23.8 Å². The molecule has 1 aliphatic rings. The van der Waals surface area contributed by atoms with Gasteiger partial charge in [0, 0.05) is 38.1 Å². The quantitative estimate of drug-likeness (QED) is 0.787. The molecule has 2 rings (SSSR count). The molecule has 0 atom stereocenters. The fraction of sp³-hybridized carbons (Fsp3) is 0.500. The van der Waals surface area contributed by atoms with E-state index in [1.54, 1.807) is 7.11 Å². The highest BCUT2D eigenvalue weighted by Gasteiger charge is 2.09. The molecular formula is C14H20N2O2. The van der Waals surface area contributed by atoms with Crippen LogP contribution in [-0.2, 0) is 16.0 Å². The van der Waals surface area contributed by atoms with E-state index in [1.165, 1.54) is 12.0 Å². The third-order valence-corrected chi connectivity index (χ3v) is 3.08. The van der Waals surface area contributed by atoms with Crippen LogP contribution in [0.5, 0.6) is 0 Å². The normalized spacial score (nSPS) is 13.6. The largest absolute Gasteiger partial charge is 0.385 e. The van der Waals surface area contributed by atoms with E-state index in [4.69, 9.17) is 4.74 Å². The van der Waals surface area contributed by atoms with Crippen LogP contribution in [0.25, 0.3) is 0 Å². The Kier molecular flexibility index (Phi) is 4.59. The van der Waals surface area contributed by atoms with Gasteiger partial charge in [-0.05, 0) is 37.0 Å². The Morgan fingerprint density at radius 3 is 3.22 bits per heavy atom. The van der Waals surface area contributed by atoms with Crippen molar-refractivity contribution >= 4 is 17.3 Å². The van der Waals surface area contributed by atoms with Gasteiger partial charge in [-0.1, -0.05) is 6.07 Å². The standard InChI is InChI=1S/C14H20N2O2/c1-18-9-3-5-14(17)16-12-7-6-11-4-2-8-15-13(11)10-12/h6-7,10,15H,2-5,8-9H2,1H3,(H,16,17). The van der Waals surface area contributed by atoms with Gasteiger partial charge in [0.15, 0.2) is 0 Å². The van der Waals surface area contributed by atoms with Crippen LogP contribution < -0.4 is 10.6 Å². The molecule has 0 radical (unpaired) electrons. The molecule has 1 heterocycles. The smallest absolute Gasteiger partial charge is 0.224 e. The molecule has 1 aromatic rings. The van der Waals surface area contributed by atoms with Gasteiger partial charge in [-0.3, -0.25) is 4.79 Å². The number of carbonyl (C=O) groups is 1. The van der Waals surface area contributed by atoms with Crippen molar-refractivity contribution in [3.8, 4) is 0 Å². The lowest BCUT2D eigenvalue weighted by molar-refractivity contribution is -0.116. The van der Waals surface area contributed by atoms with Crippen molar-refractivity contribution in [3.63, 3.8) is 0 Å². The summed E-state index contributed by atoms with van der Waals surface area (Å²) in [6.07, 6.45) is 3.55. The summed E-state index contributed by atoms with van der Waals surface area (Å²) in [7, 11) is 1.65. The third-order valence-electron chi connectivity index (χ3n) is 3.08. The number of hydrogen-bond acceptors (Lipinski definition) is 3. The predicted octanol–water partition coefficient (Wildman–Crippen LogP) is 2.41. The van der Waals surface area contributed by atoms with Crippen molar-refractivity contribution in [1.29, 1.82) is 0 Å². The van der Waals surface area contributed by atoms with Crippen LogP contribution in [0.1, 0.15) is 24.8 Å². The molecule has 1 aromatic carbocycles. The zero-order valence-electron chi connectivity index (χ0n) is 10.8. The highest BCUT2D eigenvalue weighted by molar-refractivity contribution is 5.91. The number of carbonyl (C=O) groups excluding carboxylic acids is 1. The lowest BCUT2D eigenvalue weighted by Crippen LogP contribution is -2.14. The van der Waals surface area contributed by atoms with Gasteiger partial charge in [-0.25, -0.2) is 0 Å². The van der Waals surface area contributed by atoms with E-state index in [1.807, 2.05) is 12.1 Å². The van der Waals surface area contributed by atoms with E-state index in [9.17, 15) is 4.79 Å². The molecule has 18 heavy (non-hydrogen) atoms. The number of rotatable bonds is 5.